The third-order valence-electron chi connectivity index (χ3n) is 5.32. The normalized spacial score (nSPS) is 10.9. The number of aromatic nitrogens is 1. The van der Waals surface area contributed by atoms with Gasteiger partial charge in [-0.25, -0.2) is 0 Å². The van der Waals surface area contributed by atoms with Crippen LogP contribution in [0.25, 0.3) is 16.6 Å². The highest BCUT2D eigenvalue weighted by Crippen LogP contribution is 2.41. The molecule has 4 aromatic rings. The molecule has 0 atom stereocenters. The number of carbonyl (C=O) groups is 1. The van der Waals surface area contributed by atoms with Gasteiger partial charge < -0.3 is 9.14 Å². The molecule has 0 bridgehead atoms. The minimum atomic E-state index is -0.442. The van der Waals surface area contributed by atoms with E-state index in [0.717, 1.165) is 34.9 Å². The van der Waals surface area contributed by atoms with Crippen LogP contribution in [0.3, 0.4) is 0 Å². The van der Waals surface area contributed by atoms with Gasteiger partial charge in [-0.2, -0.15) is 0 Å². The number of hydrogen-bond acceptors (Lipinski definition) is 4. The number of ether oxygens (including phenoxy) is 1. The van der Waals surface area contributed by atoms with Crippen LogP contribution in [-0.2, 0) is 13.0 Å². The first kappa shape index (κ1) is 20.3. The van der Waals surface area contributed by atoms with Gasteiger partial charge >= 0.3 is 5.69 Å². The maximum Gasteiger partial charge on any atom is 0.311 e. The third kappa shape index (κ3) is 3.92. The lowest BCUT2D eigenvalue weighted by atomic mass is 10.0. The van der Waals surface area contributed by atoms with Crippen molar-refractivity contribution in [1.82, 2.24) is 4.40 Å². The van der Waals surface area contributed by atoms with Crippen molar-refractivity contribution in [1.29, 1.82) is 0 Å². The van der Waals surface area contributed by atoms with E-state index in [-0.39, 0.29) is 18.0 Å². The van der Waals surface area contributed by atoms with Crippen molar-refractivity contribution in [2.45, 2.75) is 26.9 Å². The molecule has 0 aliphatic rings. The van der Waals surface area contributed by atoms with Crippen LogP contribution in [0.4, 0.5) is 5.69 Å². The fraction of sp³-hybridized carbons (Fsp3) is 0.160. The van der Waals surface area contributed by atoms with Gasteiger partial charge in [0.15, 0.2) is 6.29 Å². The Labute approximate surface area is 179 Å². The number of benzene rings is 2. The van der Waals surface area contributed by atoms with Crippen LogP contribution in [-0.4, -0.2) is 15.6 Å². The van der Waals surface area contributed by atoms with Gasteiger partial charge in [-0.3, -0.25) is 14.9 Å². The maximum atomic E-state index is 12.1. The summed E-state index contributed by atoms with van der Waals surface area (Å²) >= 11 is 0. The largest absolute Gasteiger partial charge is 0.482 e. The molecule has 0 N–H and O–H groups in total. The lowest BCUT2D eigenvalue weighted by Crippen LogP contribution is -2.02. The van der Waals surface area contributed by atoms with Gasteiger partial charge in [0.05, 0.1) is 10.6 Å². The van der Waals surface area contributed by atoms with Crippen LogP contribution in [0.2, 0.25) is 0 Å². The summed E-state index contributed by atoms with van der Waals surface area (Å²) in [7, 11) is 0. The Balaban J connectivity index is 1.91. The van der Waals surface area contributed by atoms with E-state index in [1.54, 1.807) is 6.92 Å². The number of fused-ring (bicyclic) bond motifs is 1. The molecule has 31 heavy (non-hydrogen) atoms. The summed E-state index contributed by atoms with van der Waals surface area (Å²) < 4.78 is 7.83. The van der Waals surface area contributed by atoms with Crippen LogP contribution in [0.15, 0.2) is 66.9 Å². The van der Waals surface area contributed by atoms with Crippen molar-refractivity contribution in [2.24, 2.45) is 0 Å². The Morgan fingerprint density at radius 1 is 1.03 bits per heavy atom. The number of aldehydes is 1. The minimum absolute atomic E-state index is 0.118. The number of pyridine rings is 1. The fourth-order valence-corrected chi connectivity index (χ4v) is 3.75. The van der Waals surface area contributed by atoms with E-state index in [0.29, 0.717) is 16.8 Å². The quantitative estimate of drug-likeness (QED) is 0.218. The SMILES string of the molecule is CCc1ccc2cc(-c3cc(C)cc([N+](=O)[O-])c3OCc3ccccc3)c(C=O)n2c1. The highest BCUT2D eigenvalue weighted by molar-refractivity contribution is 5.92. The van der Waals surface area contributed by atoms with Gasteiger partial charge in [-0.1, -0.05) is 43.3 Å². The average molecular weight is 414 g/mol. The molecule has 0 aliphatic carbocycles. The molecular weight excluding hydrogens is 392 g/mol. The predicted molar refractivity (Wildman–Crippen MR) is 120 cm³/mol. The summed E-state index contributed by atoms with van der Waals surface area (Å²) in [4.78, 5) is 23.5. The molecule has 0 aliphatic heterocycles. The molecule has 6 heteroatoms. The molecule has 2 aromatic carbocycles. The average Bonchev–Trinajstić information content (AvgIpc) is 3.15. The zero-order chi connectivity index (χ0) is 22.0. The van der Waals surface area contributed by atoms with E-state index < -0.39 is 4.92 Å². The fourth-order valence-electron chi connectivity index (χ4n) is 3.75. The summed E-state index contributed by atoms with van der Waals surface area (Å²) in [6.45, 7) is 4.02. The standard InChI is InChI=1S/C25H22N2O4/c1-3-18-9-10-20-13-21(24(15-28)26(20)14-18)22-11-17(2)12-23(27(29)30)25(22)31-16-19-7-5-4-6-8-19/h4-15H,3,16H2,1-2H3. The number of carbonyl (C=O) groups excluding carboxylic acids is 1. The Morgan fingerprint density at radius 3 is 2.48 bits per heavy atom. The van der Waals surface area contributed by atoms with Gasteiger partial charge in [-0.05, 0) is 48.2 Å². The van der Waals surface area contributed by atoms with Crippen molar-refractivity contribution in [3.63, 3.8) is 0 Å². The van der Waals surface area contributed by atoms with Gasteiger partial charge in [0.1, 0.15) is 6.61 Å². The summed E-state index contributed by atoms with van der Waals surface area (Å²) in [6, 6.07) is 18.6. The molecule has 0 saturated heterocycles. The van der Waals surface area contributed by atoms with Crippen molar-refractivity contribution in [2.75, 3.05) is 0 Å². The smallest absolute Gasteiger partial charge is 0.311 e. The van der Waals surface area contributed by atoms with E-state index >= 15 is 0 Å². The van der Waals surface area contributed by atoms with E-state index in [1.165, 1.54) is 6.07 Å². The van der Waals surface area contributed by atoms with Crippen molar-refractivity contribution >= 4 is 17.5 Å². The van der Waals surface area contributed by atoms with E-state index in [4.69, 9.17) is 4.74 Å². The first-order chi connectivity index (χ1) is 15.0. The molecule has 0 spiro atoms. The van der Waals surface area contributed by atoms with Crippen molar-refractivity contribution in [3.05, 3.63) is 99.4 Å². The topological polar surface area (TPSA) is 73.8 Å². The van der Waals surface area contributed by atoms with Crippen LogP contribution < -0.4 is 4.74 Å². The van der Waals surface area contributed by atoms with Crippen LogP contribution in [0.5, 0.6) is 5.75 Å². The first-order valence-corrected chi connectivity index (χ1v) is 10.1. The van der Waals surface area contributed by atoms with E-state index in [2.05, 4.69) is 0 Å². The monoisotopic (exact) mass is 414 g/mol. The van der Waals surface area contributed by atoms with E-state index in [9.17, 15) is 14.9 Å². The summed E-state index contributed by atoms with van der Waals surface area (Å²) in [6.07, 6.45) is 3.55. The molecule has 2 heterocycles. The maximum absolute atomic E-state index is 12.1. The molecule has 0 fully saturated rings. The van der Waals surface area contributed by atoms with Crippen molar-refractivity contribution < 1.29 is 14.5 Å². The minimum Gasteiger partial charge on any atom is -0.482 e. The summed E-state index contributed by atoms with van der Waals surface area (Å²) in [5.74, 6) is 0.161. The Bertz CT molecular complexity index is 1280. The van der Waals surface area contributed by atoms with E-state index in [1.807, 2.05) is 72.1 Å². The van der Waals surface area contributed by atoms with Gasteiger partial charge in [0.25, 0.3) is 0 Å². The van der Waals surface area contributed by atoms with Crippen LogP contribution in [0.1, 0.15) is 34.1 Å². The lowest BCUT2D eigenvalue weighted by molar-refractivity contribution is -0.385. The Morgan fingerprint density at radius 2 is 1.81 bits per heavy atom. The number of nitro groups is 1. The zero-order valence-corrected chi connectivity index (χ0v) is 17.4. The molecule has 6 nitrogen and oxygen atoms in total. The van der Waals surface area contributed by atoms with Crippen LogP contribution >= 0.6 is 0 Å². The molecule has 156 valence electrons. The molecule has 0 radical (unpaired) electrons. The highest BCUT2D eigenvalue weighted by Gasteiger charge is 2.24. The number of nitrogens with zero attached hydrogens (tertiary/aromatic N) is 2. The summed E-state index contributed by atoms with van der Waals surface area (Å²) in [5.41, 5.74) is 5.01. The molecule has 0 saturated carbocycles. The number of rotatable bonds is 7. The predicted octanol–water partition coefficient (Wildman–Crippen LogP) is 5.78. The molecule has 0 amide bonds. The summed E-state index contributed by atoms with van der Waals surface area (Å²) in [5, 5.41) is 11.8. The second-order valence-electron chi connectivity index (χ2n) is 7.44. The molecule has 2 aromatic heterocycles. The van der Waals surface area contributed by atoms with Gasteiger partial charge in [-0.15, -0.1) is 0 Å². The molecule has 4 rings (SSSR count). The zero-order valence-electron chi connectivity index (χ0n) is 17.4. The Hall–Kier alpha value is -3.93. The third-order valence-corrected chi connectivity index (χ3v) is 5.32. The van der Waals surface area contributed by atoms with Gasteiger partial charge in [0.2, 0.25) is 5.75 Å². The number of nitro benzene ring substituents is 1. The number of hydrogen-bond donors (Lipinski definition) is 0. The second kappa shape index (κ2) is 8.44. The van der Waals surface area contributed by atoms with Crippen LogP contribution in [0, 0.1) is 17.0 Å². The number of aryl methyl sites for hydroxylation is 2. The first-order valence-electron chi connectivity index (χ1n) is 10.1. The Kier molecular flexibility index (Phi) is 5.54. The van der Waals surface area contributed by atoms with Crippen molar-refractivity contribution in [3.8, 4) is 16.9 Å². The lowest BCUT2D eigenvalue weighted by Gasteiger charge is -2.13. The molecule has 0 unspecified atom stereocenters. The molecular formula is C25H22N2O4. The second-order valence-corrected chi connectivity index (χ2v) is 7.44. The van der Waals surface area contributed by atoms with Gasteiger partial charge in [0, 0.05) is 28.9 Å². The highest BCUT2D eigenvalue weighted by atomic mass is 16.6.